The zero-order chi connectivity index (χ0) is 19.4. The number of carbonyl (C=O) groups excluding carboxylic acids is 1. The van der Waals surface area contributed by atoms with E-state index in [2.05, 4.69) is 21.2 Å². The van der Waals surface area contributed by atoms with Crippen LogP contribution in [0.25, 0.3) is 0 Å². The highest BCUT2D eigenvalue weighted by Crippen LogP contribution is 2.39. The van der Waals surface area contributed by atoms with Crippen LogP contribution in [-0.4, -0.2) is 5.91 Å². The molecule has 0 aromatic heterocycles. The smallest absolute Gasteiger partial charge is 0.228 e. The largest absolute Gasteiger partial charge is 0.324 e. The molecular formula is C20H13BrCl3NOS. The summed E-state index contributed by atoms with van der Waals surface area (Å²) in [6, 6.07) is 18.2. The lowest BCUT2D eigenvalue weighted by Gasteiger charge is -2.10. The molecule has 0 fully saturated rings. The van der Waals surface area contributed by atoms with Gasteiger partial charge in [-0.3, -0.25) is 4.79 Å². The Hall–Kier alpha value is -1.17. The Kier molecular flexibility index (Phi) is 7.12. The summed E-state index contributed by atoms with van der Waals surface area (Å²) in [7, 11) is 0. The van der Waals surface area contributed by atoms with Crippen LogP contribution >= 0.6 is 62.5 Å². The van der Waals surface area contributed by atoms with Gasteiger partial charge in [0.2, 0.25) is 5.91 Å². The lowest BCUT2D eigenvalue weighted by atomic mass is 10.1. The molecule has 0 saturated heterocycles. The van der Waals surface area contributed by atoms with Crippen LogP contribution in [-0.2, 0) is 11.2 Å². The summed E-state index contributed by atoms with van der Waals surface area (Å²) in [5.41, 5.74) is 1.44. The van der Waals surface area contributed by atoms with Gasteiger partial charge in [-0.15, -0.1) is 0 Å². The average Bonchev–Trinajstić information content (AvgIpc) is 2.63. The molecule has 27 heavy (non-hydrogen) atoms. The van der Waals surface area contributed by atoms with Crippen molar-refractivity contribution in [3.8, 4) is 0 Å². The second-order valence-corrected chi connectivity index (χ2v) is 8.84. The summed E-state index contributed by atoms with van der Waals surface area (Å²) in [5, 5.41) is 4.59. The summed E-state index contributed by atoms with van der Waals surface area (Å²) in [4.78, 5) is 14.1. The standard InChI is InChI=1S/C20H13BrCl3NOS/c21-14-7-6-13(22)11-18(14)27-19-9-12(5-8-16(19)24)10-20(26)25-17-4-2-1-3-15(17)23/h1-9,11H,10H2,(H,25,26). The van der Waals surface area contributed by atoms with E-state index in [0.29, 0.717) is 20.8 Å². The number of halogens is 4. The van der Waals surface area contributed by atoms with E-state index in [9.17, 15) is 4.79 Å². The number of hydrogen-bond acceptors (Lipinski definition) is 2. The van der Waals surface area contributed by atoms with E-state index in [0.717, 1.165) is 19.8 Å². The molecule has 0 aliphatic rings. The van der Waals surface area contributed by atoms with Crippen molar-refractivity contribution in [2.75, 3.05) is 5.32 Å². The van der Waals surface area contributed by atoms with Crippen LogP contribution in [0.1, 0.15) is 5.56 Å². The molecule has 3 aromatic carbocycles. The first-order valence-electron chi connectivity index (χ1n) is 7.88. The van der Waals surface area contributed by atoms with Crippen LogP contribution in [0.5, 0.6) is 0 Å². The zero-order valence-corrected chi connectivity index (χ0v) is 18.5. The van der Waals surface area contributed by atoms with Gasteiger partial charge < -0.3 is 5.32 Å². The van der Waals surface area contributed by atoms with Crippen molar-refractivity contribution >= 4 is 74.1 Å². The van der Waals surface area contributed by atoms with Crippen LogP contribution in [0, 0.1) is 0 Å². The minimum absolute atomic E-state index is 0.148. The first-order chi connectivity index (χ1) is 12.9. The molecule has 0 aliphatic heterocycles. The monoisotopic (exact) mass is 499 g/mol. The summed E-state index contributed by atoms with van der Waals surface area (Å²) < 4.78 is 0.926. The Morgan fingerprint density at radius 1 is 0.926 bits per heavy atom. The Bertz CT molecular complexity index is 997. The van der Waals surface area contributed by atoms with Gasteiger partial charge in [-0.2, -0.15) is 0 Å². The normalized spacial score (nSPS) is 10.7. The van der Waals surface area contributed by atoms with E-state index < -0.39 is 0 Å². The number of carbonyl (C=O) groups is 1. The highest BCUT2D eigenvalue weighted by atomic mass is 79.9. The minimum Gasteiger partial charge on any atom is -0.324 e. The Morgan fingerprint density at radius 3 is 2.48 bits per heavy atom. The summed E-state index contributed by atoms with van der Waals surface area (Å²) in [5.74, 6) is -0.148. The predicted molar refractivity (Wildman–Crippen MR) is 119 cm³/mol. The Labute approximate surface area is 185 Å². The molecule has 7 heteroatoms. The van der Waals surface area contributed by atoms with Crippen molar-refractivity contribution in [2.45, 2.75) is 16.2 Å². The number of amides is 1. The Morgan fingerprint density at radius 2 is 1.70 bits per heavy atom. The van der Waals surface area contributed by atoms with E-state index >= 15 is 0 Å². The molecule has 0 bridgehead atoms. The minimum atomic E-state index is -0.148. The highest BCUT2D eigenvalue weighted by Gasteiger charge is 2.11. The van der Waals surface area contributed by atoms with Gasteiger partial charge in [-0.1, -0.05) is 64.8 Å². The first-order valence-corrected chi connectivity index (χ1v) is 10.6. The van der Waals surface area contributed by atoms with Crippen molar-refractivity contribution in [1.82, 2.24) is 0 Å². The molecule has 1 amide bonds. The maximum absolute atomic E-state index is 12.4. The third-order valence-electron chi connectivity index (χ3n) is 3.62. The van der Waals surface area contributed by atoms with Gasteiger partial charge in [0, 0.05) is 19.3 Å². The molecule has 138 valence electrons. The van der Waals surface area contributed by atoms with Crippen LogP contribution in [0.2, 0.25) is 15.1 Å². The summed E-state index contributed by atoms with van der Waals surface area (Å²) in [6.07, 6.45) is 0.215. The molecule has 0 radical (unpaired) electrons. The van der Waals surface area contributed by atoms with E-state index in [-0.39, 0.29) is 12.3 Å². The molecule has 3 rings (SSSR count). The van der Waals surface area contributed by atoms with Gasteiger partial charge >= 0.3 is 0 Å². The van der Waals surface area contributed by atoms with Gasteiger partial charge in [0.05, 0.1) is 22.2 Å². The lowest BCUT2D eigenvalue weighted by molar-refractivity contribution is -0.115. The van der Waals surface area contributed by atoms with Crippen LogP contribution in [0.4, 0.5) is 5.69 Å². The van der Waals surface area contributed by atoms with Gasteiger partial charge in [0.1, 0.15) is 0 Å². The van der Waals surface area contributed by atoms with E-state index in [1.54, 1.807) is 18.2 Å². The molecule has 0 saturated carbocycles. The fraction of sp³-hybridized carbons (Fsp3) is 0.0500. The third kappa shape index (κ3) is 5.66. The predicted octanol–water partition coefficient (Wildman–Crippen LogP) is 7.74. The molecule has 0 unspecified atom stereocenters. The topological polar surface area (TPSA) is 29.1 Å². The van der Waals surface area contributed by atoms with Gasteiger partial charge in [0.25, 0.3) is 0 Å². The lowest BCUT2D eigenvalue weighted by Crippen LogP contribution is -2.14. The second kappa shape index (κ2) is 9.35. The molecular weight excluding hydrogens is 489 g/mol. The second-order valence-electron chi connectivity index (χ2n) is 5.65. The molecule has 3 aromatic rings. The fourth-order valence-electron chi connectivity index (χ4n) is 2.35. The van der Waals surface area contributed by atoms with Gasteiger partial charge in [0.15, 0.2) is 0 Å². The number of nitrogens with one attached hydrogen (secondary N) is 1. The molecule has 0 heterocycles. The number of anilines is 1. The summed E-state index contributed by atoms with van der Waals surface area (Å²) in [6.45, 7) is 0. The number of rotatable bonds is 5. The van der Waals surface area contributed by atoms with E-state index in [1.165, 1.54) is 11.8 Å². The molecule has 1 N–H and O–H groups in total. The quantitative estimate of drug-likeness (QED) is 0.387. The van der Waals surface area contributed by atoms with Crippen LogP contribution in [0.15, 0.2) is 74.9 Å². The van der Waals surface area contributed by atoms with E-state index in [4.69, 9.17) is 34.8 Å². The van der Waals surface area contributed by atoms with Crippen molar-refractivity contribution in [1.29, 1.82) is 0 Å². The number of para-hydroxylation sites is 1. The third-order valence-corrected chi connectivity index (χ3v) is 6.70. The zero-order valence-electron chi connectivity index (χ0n) is 13.8. The molecule has 0 spiro atoms. The molecule has 0 atom stereocenters. The van der Waals surface area contributed by atoms with E-state index in [1.807, 2.05) is 42.5 Å². The van der Waals surface area contributed by atoms with Gasteiger partial charge in [-0.05, 0) is 64.0 Å². The first kappa shape index (κ1) is 20.6. The van der Waals surface area contributed by atoms with Crippen molar-refractivity contribution in [2.24, 2.45) is 0 Å². The molecule has 2 nitrogen and oxygen atoms in total. The van der Waals surface area contributed by atoms with Gasteiger partial charge in [-0.25, -0.2) is 0 Å². The number of hydrogen-bond donors (Lipinski definition) is 1. The maximum atomic E-state index is 12.4. The van der Waals surface area contributed by atoms with Crippen LogP contribution in [0.3, 0.4) is 0 Å². The van der Waals surface area contributed by atoms with Crippen molar-refractivity contribution < 1.29 is 4.79 Å². The SMILES string of the molecule is O=C(Cc1ccc(Cl)c(Sc2cc(Cl)ccc2Br)c1)Nc1ccccc1Cl. The summed E-state index contributed by atoms with van der Waals surface area (Å²) >= 11 is 23.5. The van der Waals surface area contributed by atoms with Crippen LogP contribution < -0.4 is 5.32 Å². The molecule has 0 aliphatic carbocycles. The highest BCUT2D eigenvalue weighted by molar-refractivity contribution is 9.10. The number of benzene rings is 3. The Balaban J connectivity index is 1.76. The fourth-order valence-corrected chi connectivity index (χ4v) is 4.46. The maximum Gasteiger partial charge on any atom is 0.228 e. The average molecular weight is 502 g/mol. The van der Waals surface area contributed by atoms with Crippen molar-refractivity contribution in [3.63, 3.8) is 0 Å². The van der Waals surface area contributed by atoms with Crippen molar-refractivity contribution in [3.05, 3.63) is 85.8 Å².